The molecule has 0 aromatic carbocycles. The summed E-state index contributed by atoms with van der Waals surface area (Å²) < 4.78 is 39.5. The maximum absolute atomic E-state index is 12.5. The highest BCUT2D eigenvalue weighted by molar-refractivity contribution is 5.23. The first-order valence-corrected chi connectivity index (χ1v) is 5.29. The molecule has 0 radical (unpaired) electrons. The zero-order chi connectivity index (χ0) is 11.9. The number of alkyl halides is 3. The van der Waals surface area contributed by atoms with Crippen molar-refractivity contribution in [3.05, 3.63) is 17.2 Å². The SMILES string of the molecule is Cc1nc(C(N)C(F)(F)F)c2n1CCCC2. The molecule has 1 aliphatic heterocycles. The Labute approximate surface area is 91.5 Å². The second-order valence-corrected chi connectivity index (χ2v) is 4.12. The van der Waals surface area contributed by atoms with Crippen LogP contribution in [0, 0.1) is 6.92 Å². The molecular formula is C10H14F3N3. The zero-order valence-corrected chi connectivity index (χ0v) is 9.01. The molecule has 1 aliphatic rings. The Bertz CT molecular complexity index is 395. The molecule has 1 atom stereocenters. The van der Waals surface area contributed by atoms with Gasteiger partial charge in [-0.25, -0.2) is 4.98 Å². The van der Waals surface area contributed by atoms with Gasteiger partial charge in [-0.1, -0.05) is 0 Å². The van der Waals surface area contributed by atoms with Gasteiger partial charge in [0.2, 0.25) is 0 Å². The lowest BCUT2D eigenvalue weighted by atomic mass is 10.0. The van der Waals surface area contributed by atoms with Crippen molar-refractivity contribution < 1.29 is 13.2 Å². The Morgan fingerprint density at radius 3 is 2.69 bits per heavy atom. The summed E-state index contributed by atoms with van der Waals surface area (Å²) >= 11 is 0. The minimum atomic E-state index is -4.42. The van der Waals surface area contributed by atoms with Crippen LogP contribution in [0.1, 0.15) is 36.1 Å². The van der Waals surface area contributed by atoms with E-state index < -0.39 is 12.2 Å². The van der Waals surface area contributed by atoms with Crippen molar-refractivity contribution in [1.29, 1.82) is 0 Å². The van der Waals surface area contributed by atoms with Gasteiger partial charge in [-0.3, -0.25) is 0 Å². The fourth-order valence-corrected chi connectivity index (χ4v) is 2.16. The van der Waals surface area contributed by atoms with Crippen LogP contribution in [0.5, 0.6) is 0 Å². The fraction of sp³-hybridized carbons (Fsp3) is 0.700. The van der Waals surface area contributed by atoms with Crippen molar-refractivity contribution in [2.75, 3.05) is 0 Å². The van der Waals surface area contributed by atoms with Gasteiger partial charge in [0.1, 0.15) is 11.9 Å². The summed E-state index contributed by atoms with van der Waals surface area (Å²) in [6.07, 6.45) is -1.88. The molecule has 16 heavy (non-hydrogen) atoms. The summed E-state index contributed by atoms with van der Waals surface area (Å²) in [5, 5.41) is 0. The molecule has 0 bridgehead atoms. The number of hydrogen-bond donors (Lipinski definition) is 1. The highest BCUT2D eigenvalue weighted by Crippen LogP contribution is 2.33. The topological polar surface area (TPSA) is 43.8 Å². The van der Waals surface area contributed by atoms with Crippen LogP contribution in [0.2, 0.25) is 0 Å². The van der Waals surface area contributed by atoms with E-state index in [2.05, 4.69) is 4.98 Å². The third kappa shape index (κ3) is 1.81. The maximum Gasteiger partial charge on any atom is 0.409 e. The van der Waals surface area contributed by atoms with E-state index in [1.807, 2.05) is 4.57 Å². The van der Waals surface area contributed by atoms with Crippen LogP contribution >= 0.6 is 0 Å². The average Bonchev–Trinajstić information content (AvgIpc) is 2.55. The zero-order valence-electron chi connectivity index (χ0n) is 9.01. The van der Waals surface area contributed by atoms with Crippen molar-refractivity contribution in [3.8, 4) is 0 Å². The number of fused-ring (bicyclic) bond motifs is 1. The summed E-state index contributed by atoms with van der Waals surface area (Å²) in [5.74, 6) is 0.629. The smallest absolute Gasteiger partial charge is 0.332 e. The van der Waals surface area contributed by atoms with Crippen molar-refractivity contribution in [2.24, 2.45) is 5.73 Å². The van der Waals surface area contributed by atoms with Crippen LogP contribution in [-0.4, -0.2) is 15.7 Å². The van der Waals surface area contributed by atoms with E-state index in [1.54, 1.807) is 6.92 Å². The molecule has 3 nitrogen and oxygen atoms in total. The lowest BCUT2D eigenvalue weighted by molar-refractivity contribution is -0.150. The van der Waals surface area contributed by atoms with Gasteiger partial charge in [0, 0.05) is 12.2 Å². The van der Waals surface area contributed by atoms with Gasteiger partial charge in [0.05, 0.1) is 5.69 Å². The van der Waals surface area contributed by atoms with E-state index >= 15 is 0 Å². The quantitative estimate of drug-likeness (QED) is 0.807. The van der Waals surface area contributed by atoms with E-state index in [1.165, 1.54) is 0 Å². The van der Waals surface area contributed by atoms with Crippen molar-refractivity contribution in [2.45, 2.75) is 44.9 Å². The monoisotopic (exact) mass is 233 g/mol. The number of halogens is 3. The third-order valence-electron chi connectivity index (χ3n) is 2.99. The predicted octanol–water partition coefficient (Wildman–Crippen LogP) is 2.09. The molecule has 0 saturated heterocycles. The van der Waals surface area contributed by atoms with Crippen LogP contribution in [0.25, 0.3) is 0 Å². The number of aromatic nitrogens is 2. The number of rotatable bonds is 1. The second kappa shape index (κ2) is 3.76. The van der Waals surface area contributed by atoms with E-state index in [4.69, 9.17) is 5.73 Å². The van der Waals surface area contributed by atoms with E-state index in [0.29, 0.717) is 17.9 Å². The molecule has 0 fully saturated rings. The summed E-state index contributed by atoms with van der Waals surface area (Å²) in [7, 11) is 0. The molecule has 0 amide bonds. The molecular weight excluding hydrogens is 219 g/mol. The predicted molar refractivity (Wildman–Crippen MR) is 52.9 cm³/mol. The van der Waals surface area contributed by atoms with Gasteiger partial charge in [-0.2, -0.15) is 13.2 Å². The molecule has 2 heterocycles. The van der Waals surface area contributed by atoms with Gasteiger partial charge in [0.15, 0.2) is 0 Å². The lowest BCUT2D eigenvalue weighted by Crippen LogP contribution is -2.30. The summed E-state index contributed by atoms with van der Waals surface area (Å²) in [4.78, 5) is 3.98. The van der Waals surface area contributed by atoms with Gasteiger partial charge in [0.25, 0.3) is 0 Å². The summed E-state index contributed by atoms with van der Waals surface area (Å²) in [5.41, 5.74) is 5.87. The van der Waals surface area contributed by atoms with Gasteiger partial charge in [-0.05, 0) is 26.2 Å². The average molecular weight is 233 g/mol. The lowest BCUT2D eigenvalue weighted by Gasteiger charge is -2.19. The number of hydrogen-bond acceptors (Lipinski definition) is 2. The Morgan fingerprint density at radius 2 is 2.06 bits per heavy atom. The minimum Gasteiger partial charge on any atom is -0.332 e. The molecule has 6 heteroatoms. The van der Waals surface area contributed by atoms with Gasteiger partial charge >= 0.3 is 6.18 Å². The molecule has 0 saturated carbocycles. The van der Waals surface area contributed by atoms with Crippen LogP contribution in [-0.2, 0) is 13.0 Å². The van der Waals surface area contributed by atoms with Crippen molar-refractivity contribution in [1.82, 2.24) is 9.55 Å². The Hall–Kier alpha value is -1.04. The Kier molecular flexibility index (Phi) is 2.69. The van der Waals surface area contributed by atoms with Crippen LogP contribution < -0.4 is 5.73 Å². The summed E-state index contributed by atoms with van der Waals surface area (Å²) in [6.45, 7) is 2.47. The Morgan fingerprint density at radius 1 is 1.38 bits per heavy atom. The second-order valence-electron chi connectivity index (χ2n) is 4.12. The number of nitrogens with two attached hydrogens (primary N) is 1. The standard InChI is InChI=1S/C10H14F3N3/c1-6-15-8(9(14)10(11,12)13)7-4-2-3-5-16(6)7/h9H,2-5,14H2,1H3. The van der Waals surface area contributed by atoms with E-state index in [9.17, 15) is 13.2 Å². The molecule has 0 aliphatic carbocycles. The molecule has 1 aromatic heterocycles. The van der Waals surface area contributed by atoms with E-state index in [-0.39, 0.29) is 5.69 Å². The third-order valence-corrected chi connectivity index (χ3v) is 2.99. The number of imidazole rings is 1. The first kappa shape index (κ1) is 11.4. The fourth-order valence-electron chi connectivity index (χ4n) is 2.16. The largest absolute Gasteiger partial charge is 0.409 e. The molecule has 2 N–H and O–H groups in total. The minimum absolute atomic E-state index is 0.00435. The Balaban J connectivity index is 2.42. The number of nitrogens with zero attached hydrogens (tertiary/aromatic N) is 2. The normalized spacial score (nSPS) is 18.3. The van der Waals surface area contributed by atoms with Gasteiger partial charge in [-0.15, -0.1) is 0 Å². The van der Waals surface area contributed by atoms with Crippen molar-refractivity contribution >= 4 is 0 Å². The molecule has 1 aromatic rings. The number of aryl methyl sites for hydroxylation is 1. The van der Waals surface area contributed by atoms with E-state index in [0.717, 1.165) is 19.4 Å². The molecule has 2 rings (SSSR count). The first-order chi connectivity index (χ1) is 7.41. The molecule has 0 spiro atoms. The van der Waals surface area contributed by atoms with Gasteiger partial charge < -0.3 is 10.3 Å². The van der Waals surface area contributed by atoms with Crippen LogP contribution in [0.15, 0.2) is 0 Å². The highest BCUT2D eigenvalue weighted by Gasteiger charge is 2.41. The van der Waals surface area contributed by atoms with Crippen molar-refractivity contribution in [3.63, 3.8) is 0 Å². The first-order valence-electron chi connectivity index (χ1n) is 5.29. The molecule has 1 unspecified atom stereocenters. The highest BCUT2D eigenvalue weighted by atomic mass is 19.4. The van der Waals surface area contributed by atoms with Crippen LogP contribution in [0.3, 0.4) is 0 Å². The maximum atomic E-state index is 12.5. The van der Waals surface area contributed by atoms with Crippen LogP contribution in [0.4, 0.5) is 13.2 Å². The molecule has 90 valence electrons. The summed E-state index contributed by atoms with van der Waals surface area (Å²) in [6, 6.07) is -1.96.